The van der Waals surface area contributed by atoms with Crippen LogP contribution in [0.15, 0.2) is 34.6 Å². The molecule has 1 heterocycles. The highest BCUT2D eigenvalue weighted by molar-refractivity contribution is 5.93. The summed E-state index contributed by atoms with van der Waals surface area (Å²) in [5.41, 5.74) is 6.37. The number of hydrogen-bond donors (Lipinski definition) is 1. The SMILES string of the molecule is CCn1cc(/C=N/N=C2\CC[C@H]3[C@@H]4CCc5cc(O)ccc5[C@H]4CC[C@]23C)c(C)n1. The molecule has 0 bridgehead atoms. The summed E-state index contributed by atoms with van der Waals surface area (Å²) in [7, 11) is 0. The number of phenols is 1. The Kier molecular flexibility index (Phi) is 4.79. The second kappa shape index (κ2) is 7.36. The molecule has 3 aliphatic rings. The van der Waals surface area contributed by atoms with Gasteiger partial charge in [0.05, 0.1) is 11.9 Å². The third kappa shape index (κ3) is 3.10. The number of hydrogen-bond acceptors (Lipinski definition) is 4. The van der Waals surface area contributed by atoms with Gasteiger partial charge in [-0.25, -0.2) is 0 Å². The van der Waals surface area contributed by atoms with Gasteiger partial charge in [0.1, 0.15) is 5.75 Å². The topological polar surface area (TPSA) is 62.8 Å². The molecule has 5 rings (SSSR count). The molecule has 1 N–H and O–H groups in total. The summed E-state index contributed by atoms with van der Waals surface area (Å²) in [6, 6.07) is 6.03. The fourth-order valence-electron chi connectivity index (χ4n) is 6.50. The first-order chi connectivity index (χ1) is 14.5. The Morgan fingerprint density at radius 1 is 1.27 bits per heavy atom. The van der Waals surface area contributed by atoms with Gasteiger partial charge in [0.15, 0.2) is 0 Å². The minimum atomic E-state index is 0.176. The Morgan fingerprint density at radius 2 is 2.13 bits per heavy atom. The molecule has 4 atom stereocenters. The van der Waals surface area contributed by atoms with Gasteiger partial charge in [-0.15, -0.1) is 0 Å². The molecule has 1 aromatic heterocycles. The van der Waals surface area contributed by atoms with E-state index in [1.807, 2.05) is 36.1 Å². The lowest BCUT2D eigenvalue weighted by Gasteiger charge is -2.49. The van der Waals surface area contributed by atoms with Crippen LogP contribution in [0.25, 0.3) is 0 Å². The number of benzene rings is 1. The minimum Gasteiger partial charge on any atom is -0.508 e. The molecule has 0 saturated heterocycles. The average molecular weight is 405 g/mol. The fourth-order valence-corrected chi connectivity index (χ4v) is 6.50. The molecule has 30 heavy (non-hydrogen) atoms. The predicted octanol–water partition coefficient (Wildman–Crippen LogP) is 5.25. The van der Waals surface area contributed by atoms with Crippen LogP contribution in [0.4, 0.5) is 0 Å². The highest BCUT2D eigenvalue weighted by atomic mass is 16.3. The Morgan fingerprint density at radius 3 is 2.93 bits per heavy atom. The van der Waals surface area contributed by atoms with E-state index in [9.17, 15) is 5.11 Å². The average Bonchev–Trinajstić information content (AvgIpc) is 3.27. The van der Waals surface area contributed by atoms with Crippen LogP contribution in [-0.2, 0) is 13.0 Å². The van der Waals surface area contributed by atoms with Gasteiger partial charge >= 0.3 is 0 Å². The van der Waals surface area contributed by atoms with Crippen molar-refractivity contribution in [3.8, 4) is 5.75 Å². The summed E-state index contributed by atoms with van der Waals surface area (Å²) in [5.74, 6) is 2.46. The molecule has 5 nitrogen and oxygen atoms in total. The number of fused-ring (bicyclic) bond motifs is 5. The summed E-state index contributed by atoms with van der Waals surface area (Å²) >= 11 is 0. The van der Waals surface area contributed by atoms with Gasteiger partial charge in [0, 0.05) is 29.4 Å². The molecule has 0 aliphatic heterocycles. The number of phenolic OH excluding ortho intramolecular Hbond substituents is 1. The lowest BCUT2D eigenvalue weighted by Crippen LogP contribution is -2.42. The molecule has 2 saturated carbocycles. The van der Waals surface area contributed by atoms with E-state index in [1.165, 1.54) is 42.5 Å². The molecule has 0 spiro atoms. The molecule has 158 valence electrons. The molecule has 5 heteroatoms. The van der Waals surface area contributed by atoms with Gasteiger partial charge in [-0.2, -0.15) is 15.3 Å². The van der Waals surface area contributed by atoms with Gasteiger partial charge in [0.2, 0.25) is 0 Å². The quantitative estimate of drug-likeness (QED) is 0.561. The molecule has 1 aromatic carbocycles. The third-order valence-corrected chi connectivity index (χ3v) is 8.13. The van der Waals surface area contributed by atoms with Crippen LogP contribution < -0.4 is 0 Å². The number of rotatable bonds is 3. The van der Waals surface area contributed by atoms with Crippen molar-refractivity contribution in [1.29, 1.82) is 0 Å². The lowest BCUT2D eigenvalue weighted by atomic mass is 9.55. The van der Waals surface area contributed by atoms with Crippen molar-refractivity contribution in [3.63, 3.8) is 0 Å². The smallest absolute Gasteiger partial charge is 0.115 e. The third-order valence-electron chi connectivity index (χ3n) is 8.13. The summed E-state index contributed by atoms with van der Waals surface area (Å²) in [4.78, 5) is 0. The number of aromatic nitrogens is 2. The molecule has 0 unspecified atom stereocenters. The summed E-state index contributed by atoms with van der Waals surface area (Å²) in [5, 5.41) is 23.6. The minimum absolute atomic E-state index is 0.176. The maximum Gasteiger partial charge on any atom is 0.115 e. The number of aryl methyl sites for hydroxylation is 3. The van der Waals surface area contributed by atoms with Crippen molar-refractivity contribution in [1.82, 2.24) is 9.78 Å². The van der Waals surface area contributed by atoms with Gasteiger partial charge < -0.3 is 5.11 Å². The molecule has 0 radical (unpaired) electrons. The Bertz CT molecular complexity index is 1020. The van der Waals surface area contributed by atoms with Crippen molar-refractivity contribution in [2.45, 2.75) is 71.8 Å². The molecule has 2 aromatic rings. The van der Waals surface area contributed by atoms with Crippen LogP contribution in [0.5, 0.6) is 5.75 Å². The predicted molar refractivity (Wildman–Crippen MR) is 120 cm³/mol. The monoisotopic (exact) mass is 404 g/mol. The lowest BCUT2D eigenvalue weighted by molar-refractivity contribution is 0.0955. The second-order valence-corrected chi connectivity index (χ2v) is 9.61. The zero-order valence-electron chi connectivity index (χ0n) is 18.3. The van der Waals surface area contributed by atoms with Crippen LogP contribution in [0.2, 0.25) is 0 Å². The van der Waals surface area contributed by atoms with E-state index >= 15 is 0 Å². The van der Waals surface area contributed by atoms with Crippen molar-refractivity contribution in [2.24, 2.45) is 27.5 Å². The Hall–Kier alpha value is -2.43. The van der Waals surface area contributed by atoms with Crippen LogP contribution >= 0.6 is 0 Å². The molecule has 0 amide bonds. The maximum absolute atomic E-state index is 9.87. The molecule has 3 aliphatic carbocycles. The fraction of sp³-hybridized carbons (Fsp3) is 0.560. The van der Waals surface area contributed by atoms with E-state index in [4.69, 9.17) is 5.10 Å². The van der Waals surface area contributed by atoms with E-state index in [2.05, 4.69) is 30.1 Å². The standard InChI is InChI=1S/C25H32N4O/c1-4-29-15-18(16(2)28-29)14-26-27-24-10-9-23-22-7-5-17-13-19(30)6-8-20(17)21(22)11-12-25(23,24)3/h6,8,13-15,21-23,30H,4-5,7,9-12H2,1-3H3/b26-14+,27-24+/t21-,22-,23+,25+/m1/s1. The summed E-state index contributed by atoms with van der Waals surface area (Å²) < 4.78 is 1.94. The molecular weight excluding hydrogens is 372 g/mol. The van der Waals surface area contributed by atoms with Crippen molar-refractivity contribution >= 4 is 11.9 Å². The van der Waals surface area contributed by atoms with Gasteiger partial charge in [-0.3, -0.25) is 4.68 Å². The Labute approximate surface area is 178 Å². The van der Waals surface area contributed by atoms with Crippen LogP contribution in [-0.4, -0.2) is 26.8 Å². The first-order valence-corrected chi connectivity index (χ1v) is 11.5. The first kappa shape index (κ1) is 19.5. The molecular formula is C25H32N4O. The normalized spacial score (nSPS) is 31.7. The van der Waals surface area contributed by atoms with Gasteiger partial charge in [-0.1, -0.05) is 13.0 Å². The van der Waals surface area contributed by atoms with E-state index in [1.54, 1.807) is 0 Å². The van der Waals surface area contributed by atoms with Crippen LogP contribution in [0, 0.1) is 24.2 Å². The zero-order valence-corrected chi connectivity index (χ0v) is 18.3. The van der Waals surface area contributed by atoms with E-state index in [-0.39, 0.29) is 5.41 Å². The highest BCUT2D eigenvalue weighted by Crippen LogP contribution is 2.60. The Balaban J connectivity index is 1.37. The summed E-state index contributed by atoms with van der Waals surface area (Å²) in [6.45, 7) is 7.42. The highest BCUT2D eigenvalue weighted by Gasteiger charge is 2.53. The van der Waals surface area contributed by atoms with E-state index < -0.39 is 0 Å². The number of aromatic hydroxyl groups is 1. The second-order valence-electron chi connectivity index (χ2n) is 9.61. The summed E-state index contributed by atoms with van der Waals surface area (Å²) in [6.07, 6.45) is 10.9. The van der Waals surface area contributed by atoms with Crippen molar-refractivity contribution in [3.05, 3.63) is 46.8 Å². The van der Waals surface area contributed by atoms with Crippen LogP contribution in [0.1, 0.15) is 74.3 Å². The van der Waals surface area contributed by atoms with Crippen molar-refractivity contribution in [2.75, 3.05) is 0 Å². The van der Waals surface area contributed by atoms with Crippen LogP contribution in [0.3, 0.4) is 0 Å². The van der Waals surface area contributed by atoms with E-state index in [0.29, 0.717) is 17.6 Å². The first-order valence-electron chi connectivity index (χ1n) is 11.5. The van der Waals surface area contributed by atoms with Crippen molar-refractivity contribution < 1.29 is 5.11 Å². The largest absolute Gasteiger partial charge is 0.508 e. The maximum atomic E-state index is 9.87. The van der Waals surface area contributed by atoms with Gasteiger partial charge in [0.25, 0.3) is 0 Å². The molecule has 2 fully saturated rings. The zero-order chi connectivity index (χ0) is 20.9. The van der Waals surface area contributed by atoms with Gasteiger partial charge in [-0.05, 0) is 93.4 Å². The van der Waals surface area contributed by atoms with E-state index in [0.717, 1.165) is 36.6 Å². The number of nitrogens with zero attached hydrogens (tertiary/aromatic N) is 4.